The Bertz CT molecular complexity index is 1220. The number of methoxy groups -OCH3 is 2. The molecule has 3 aromatic rings. The minimum atomic E-state index is -1.50. The fraction of sp³-hybridized carbons (Fsp3) is 0.222. The van der Waals surface area contributed by atoms with E-state index in [9.17, 15) is 14.7 Å². The van der Waals surface area contributed by atoms with Crippen LogP contribution in [0.2, 0.25) is 0 Å². The highest BCUT2D eigenvalue weighted by Gasteiger charge is 2.54. The standard InChI is InChI=1S/C27H25N3O6/c1-34-22-11-5-19(6-12-22)27(20-7-13-23(35-2)14-8-20)25(32)30(26(33)29-27)16-21(31)17-36-24-9-3-18(15-28)4-10-24/h3-14,21,31H,16-17H2,1-2H3,(H,29,33). The molecule has 0 saturated carbocycles. The Morgan fingerprint density at radius 3 is 1.86 bits per heavy atom. The van der Waals surface area contributed by atoms with E-state index < -0.39 is 23.6 Å². The average molecular weight is 488 g/mol. The summed E-state index contributed by atoms with van der Waals surface area (Å²) in [6.45, 7) is -0.421. The molecule has 3 aromatic carbocycles. The number of amides is 3. The Labute approximate surface area is 208 Å². The van der Waals surface area contributed by atoms with Gasteiger partial charge in [0.1, 0.15) is 30.0 Å². The highest BCUT2D eigenvalue weighted by Crippen LogP contribution is 2.37. The summed E-state index contributed by atoms with van der Waals surface area (Å²) in [5, 5.41) is 22.3. The van der Waals surface area contributed by atoms with Gasteiger partial charge in [0.15, 0.2) is 5.54 Å². The van der Waals surface area contributed by atoms with E-state index in [1.807, 2.05) is 6.07 Å². The van der Waals surface area contributed by atoms with Crippen LogP contribution in [0.25, 0.3) is 0 Å². The van der Waals surface area contributed by atoms with Gasteiger partial charge in [0, 0.05) is 0 Å². The van der Waals surface area contributed by atoms with Gasteiger partial charge < -0.3 is 24.6 Å². The molecular weight excluding hydrogens is 462 g/mol. The summed E-state index contributed by atoms with van der Waals surface area (Å²) >= 11 is 0. The van der Waals surface area contributed by atoms with Crippen LogP contribution in [0.5, 0.6) is 17.2 Å². The molecule has 1 heterocycles. The molecular formula is C27H25N3O6. The van der Waals surface area contributed by atoms with Crippen molar-refractivity contribution in [3.63, 3.8) is 0 Å². The maximum Gasteiger partial charge on any atom is 0.325 e. The van der Waals surface area contributed by atoms with Crippen molar-refractivity contribution < 1.29 is 28.9 Å². The van der Waals surface area contributed by atoms with E-state index in [4.69, 9.17) is 19.5 Å². The third-order valence-electron chi connectivity index (χ3n) is 5.97. The molecule has 1 fully saturated rings. The number of β-amino-alcohol motifs (C(OH)–C–C–N with tert-alkyl or cyclic N) is 1. The van der Waals surface area contributed by atoms with Crippen LogP contribution in [0, 0.1) is 11.3 Å². The quantitative estimate of drug-likeness (QED) is 0.445. The molecule has 2 N–H and O–H groups in total. The van der Waals surface area contributed by atoms with Crippen LogP contribution in [0.15, 0.2) is 72.8 Å². The number of hydrogen-bond donors (Lipinski definition) is 2. The van der Waals surface area contributed by atoms with E-state index in [2.05, 4.69) is 5.32 Å². The molecule has 1 saturated heterocycles. The van der Waals surface area contributed by atoms with Crippen LogP contribution in [0.1, 0.15) is 16.7 Å². The molecule has 4 rings (SSSR count). The number of nitrogens with one attached hydrogen (secondary N) is 1. The zero-order valence-corrected chi connectivity index (χ0v) is 19.8. The first-order chi connectivity index (χ1) is 17.4. The van der Waals surface area contributed by atoms with Gasteiger partial charge in [0.2, 0.25) is 0 Å². The number of aliphatic hydroxyl groups excluding tert-OH is 1. The van der Waals surface area contributed by atoms with Gasteiger partial charge in [-0.05, 0) is 59.7 Å². The summed E-state index contributed by atoms with van der Waals surface area (Å²) < 4.78 is 16.0. The first-order valence-electron chi connectivity index (χ1n) is 11.2. The number of carbonyl (C=O) groups is 2. The zero-order chi connectivity index (χ0) is 25.7. The normalized spacial score (nSPS) is 15.1. The first-order valence-corrected chi connectivity index (χ1v) is 11.2. The van der Waals surface area contributed by atoms with E-state index in [0.717, 1.165) is 4.90 Å². The van der Waals surface area contributed by atoms with Gasteiger partial charge >= 0.3 is 6.03 Å². The van der Waals surface area contributed by atoms with E-state index in [1.165, 1.54) is 0 Å². The molecule has 9 heteroatoms. The SMILES string of the molecule is COc1ccc(C2(c3ccc(OC)cc3)NC(=O)N(CC(O)COc3ccc(C#N)cc3)C2=O)cc1. The van der Waals surface area contributed by atoms with Crippen molar-refractivity contribution >= 4 is 11.9 Å². The van der Waals surface area contributed by atoms with Crippen molar-refractivity contribution in [3.05, 3.63) is 89.5 Å². The Hall–Kier alpha value is -4.55. The van der Waals surface area contributed by atoms with Crippen LogP contribution in [0.3, 0.4) is 0 Å². The second-order valence-electron chi connectivity index (χ2n) is 8.15. The molecule has 0 radical (unpaired) electrons. The fourth-order valence-corrected chi connectivity index (χ4v) is 4.06. The summed E-state index contributed by atoms with van der Waals surface area (Å²) in [5.41, 5.74) is 0.0643. The Kier molecular flexibility index (Phi) is 7.08. The number of ether oxygens (including phenoxy) is 3. The minimum absolute atomic E-state index is 0.152. The number of urea groups is 1. The van der Waals surface area contributed by atoms with Gasteiger partial charge in [-0.2, -0.15) is 5.26 Å². The maximum atomic E-state index is 13.8. The Morgan fingerprint density at radius 1 is 0.889 bits per heavy atom. The number of imide groups is 1. The fourth-order valence-electron chi connectivity index (χ4n) is 4.06. The van der Waals surface area contributed by atoms with Crippen molar-refractivity contribution in [1.29, 1.82) is 5.26 Å². The Morgan fingerprint density at radius 2 is 1.39 bits per heavy atom. The molecule has 3 amide bonds. The van der Waals surface area contributed by atoms with Crippen LogP contribution < -0.4 is 19.5 Å². The zero-order valence-electron chi connectivity index (χ0n) is 19.8. The largest absolute Gasteiger partial charge is 0.497 e. The highest BCUT2D eigenvalue weighted by atomic mass is 16.5. The molecule has 1 aliphatic rings. The summed E-state index contributed by atoms with van der Waals surface area (Å²) in [6.07, 6.45) is -1.14. The minimum Gasteiger partial charge on any atom is -0.497 e. The molecule has 1 aliphatic heterocycles. The van der Waals surface area contributed by atoms with Gasteiger partial charge in [0.05, 0.1) is 32.4 Å². The number of aliphatic hydroxyl groups is 1. The lowest BCUT2D eigenvalue weighted by Crippen LogP contribution is -2.46. The molecule has 1 atom stereocenters. The van der Waals surface area contributed by atoms with Crippen molar-refractivity contribution in [2.45, 2.75) is 11.6 Å². The topological polar surface area (TPSA) is 121 Å². The second-order valence-corrected chi connectivity index (χ2v) is 8.15. The molecule has 0 aromatic heterocycles. The molecule has 0 bridgehead atoms. The van der Waals surface area contributed by atoms with E-state index in [0.29, 0.717) is 33.9 Å². The van der Waals surface area contributed by atoms with Crippen molar-refractivity contribution in [1.82, 2.24) is 10.2 Å². The van der Waals surface area contributed by atoms with Gasteiger partial charge in [-0.15, -0.1) is 0 Å². The smallest absolute Gasteiger partial charge is 0.325 e. The van der Waals surface area contributed by atoms with Crippen molar-refractivity contribution in [2.24, 2.45) is 0 Å². The first kappa shape index (κ1) is 24.6. The lowest BCUT2D eigenvalue weighted by atomic mass is 9.82. The second kappa shape index (κ2) is 10.4. The van der Waals surface area contributed by atoms with Crippen LogP contribution in [0.4, 0.5) is 4.79 Å². The molecule has 0 aliphatic carbocycles. The third kappa shape index (κ3) is 4.67. The van der Waals surface area contributed by atoms with Gasteiger partial charge in [-0.1, -0.05) is 24.3 Å². The number of nitrogens with zero attached hydrogens (tertiary/aromatic N) is 2. The Balaban J connectivity index is 1.58. The van der Waals surface area contributed by atoms with E-state index >= 15 is 0 Å². The molecule has 0 spiro atoms. The predicted molar refractivity (Wildman–Crippen MR) is 130 cm³/mol. The van der Waals surface area contributed by atoms with Crippen LogP contribution in [-0.2, 0) is 10.3 Å². The molecule has 184 valence electrons. The highest BCUT2D eigenvalue weighted by molar-refractivity contribution is 6.09. The van der Waals surface area contributed by atoms with Gasteiger partial charge in [-0.25, -0.2) is 4.79 Å². The predicted octanol–water partition coefficient (Wildman–Crippen LogP) is 2.81. The van der Waals surface area contributed by atoms with E-state index in [-0.39, 0.29) is 13.2 Å². The lowest BCUT2D eigenvalue weighted by molar-refractivity contribution is -0.131. The molecule has 9 nitrogen and oxygen atoms in total. The summed E-state index contributed by atoms with van der Waals surface area (Å²) in [4.78, 5) is 27.8. The molecule has 36 heavy (non-hydrogen) atoms. The van der Waals surface area contributed by atoms with Crippen LogP contribution in [-0.4, -0.2) is 55.4 Å². The summed E-state index contributed by atoms with van der Waals surface area (Å²) in [5.74, 6) is 1.14. The summed E-state index contributed by atoms with van der Waals surface area (Å²) in [7, 11) is 3.08. The molecule has 1 unspecified atom stereocenters. The number of benzene rings is 3. The number of nitriles is 1. The number of carbonyl (C=O) groups excluding carboxylic acids is 2. The van der Waals surface area contributed by atoms with Crippen molar-refractivity contribution in [3.8, 4) is 23.3 Å². The lowest BCUT2D eigenvalue weighted by Gasteiger charge is -2.28. The van der Waals surface area contributed by atoms with Crippen molar-refractivity contribution in [2.75, 3.05) is 27.4 Å². The number of hydrogen-bond acceptors (Lipinski definition) is 7. The average Bonchev–Trinajstić information content (AvgIpc) is 3.17. The number of rotatable bonds is 9. The monoisotopic (exact) mass is 487 g/mol. The third-order valence-corrected chi connectivity index (χ3v) is 5.97. The van der Waals surface area contributed by atoms with Crippen LogP contribution >= 0.6 is 0 Å². The van der Waals surface area contributed by atoms with E-state index in [1.54, 1.807) is 87.0 Å². The van der Waals surface area contributed by atoms with Gasteiger partial charge in [-0.3, -0.25) is 9.69 Å². The maximum absolute atomic E-state index is 13.8. The summed E-state index contributed by atoms with van der Waals surface area (Å²) in [6, 6.07) is 21.5. The van der Waals surface area contributed by atoms with Gasteiger partial charge in [0.25, 0.3) is 5.91 Å².